The van der Waals surface area contributed by atoms with Crippen molar-refractivity contribution in [2.45, 2.75) is 31.8 Å². The molecule has 90 valence electrons. The summed E-state index contributed by atoms with van der Waals surface area (Å²) in [4.78, 5) is 0. The van der Waals surface area contributed by atoms with E-state index in [1.807, 2.05) is 12.1 Å². The first-order valence-corrected chi connectivity index (χ1v) is 6.28. The Morgan fingerprint density at radius 1 is 1.53 bits per heavy atom. The Kier molecular flexibility index (Phi) is 3.88. The van der Waals surface area contributed by atoms with Crippen LogP contribution in [-0.2, 0) is 0 Å². The van der Waals surface area contributed by atoms with E-state index in [9.17, 15) is 0 Å². The first kappa shape index (κ1) is 12.2. The number of halogens is 1. The fourth-order valence-corrected chi connectivity index (χ4v) is 2.35. The van der Waals surface area contributed by atoms with Gasteiger partial charge in [0, 0.05) is 17.1 Å². The van der Waals surface area contributed by atoms with E-state index >= 15 is 0 Å². The largest absolute Gasteiger partial charge is 0.380 e. The van der Waals surface area contributed by atoms with Gasteiger partial charge in [0.25, 0.3) is 0 Å². The molecule has 4 heteroatoms. The van der Waals surface area contributed by atoms with Gasteiger partial charge in [-0.1, -0.05) is 11.6 Å². The molecule has 0 radical (unpaired) electrons. The summed E-state index contributed by atoms with van der Waals surface area (Å²) in [6, 6.07) is 8.36. The molecule has 1 fully saturated rings. The van der Waals surface area contributed by atoms with Crippen LogP contribution in [0, 0.1) is 11.3 Å². The fourth-order valence-electron chi connectivity index (χ4n) is 2.18. The molecule has 2 N–H and O–H groups in total. The van der Waals surface area contributed by atoms with Gasteiger partial charge in [0.1, 0.15) is 6.07 Å². The molecule has 2 atom stereocenters. The Morgan fingerprint density at radius 2 is 2.35 bits per heavy atom. The zero-order valence-electron chi connectivity index (χ0n) is 9.83. The van der Waals surface area contributed by atoms with Crippen molar-refractivity contribution in [2.24, 2.45) is 0 Å². The van der Waals surface area contributed by atoms with Gasteiger partial charge < -0.3 is 10.6 Å². The number of piperidine rings is 1. The third-order valence-corrected chi connectivity index (χ3v) is 3.44. The number of hydrogen-bond donors (Lipinski definition) is 2. The topological polar surface area (TPSA) is 47.8 Å². The van der Waals surface area contributed by atoms with Crippen LogP contribution in [-0.4, -0.2) is 18.6 Å². The van der Waals surface area contributed by atoms with Gasteiger partial charge in [0.2, 0.25) is 0 Å². The normalized spacial score (nSPS) is 24.1. The highest BCUT2D eigenvalue weighted by Crippen LogP contribution is 2.22. The summed E-state index contributed by atoms with van der Waals surface area (Å²) in [5.41, 5.74) is 1.48. The first-order valence-electron chi connectivity index (χ1n) is 5.90. The average Bonchev–Trinajstić information content (AvgIpc) is 2.34. The summed E-state index contributed by atoms with van der Waals surface area (Å²) in [6.07, 6.45) is 2.29. The van der Waals surface area contributed by atoms with Crippen LogP contribution in [0.3, 0.4) is 0 Å². The molecule has 2 unspecified atom stereocenters. The molecule has 0 bridgehead atoms. The minimum absolute atomic E-state index is 0.372. The Morgan fingerprint density at radius 3 is 3.06 bits per heavy atom. The van der Waals surface area contributed by atoms with Crippen molar-refractivity contribution < 1.29 is 0 Å². The van der Waals surface area contributed by atoms with E-state index in [0.29, 0.717) is 22.7 Å². The van der Waals surface area contributed by atoms with E-state index in [1.54, 1.807) is 6.07 Å². The van der Waals surface area contributed by atoms with Crippen molar-refractivity contribution in [2.75, 3.05) is 11.9 Å². The molecule has 1 aliphatic heterocycles. The Hall–Kier alpha value is -1.24. The van der Waals surface area contributed by atoms with E-state index in [-0.39, 0.29) is 0 Å². The molecule has 1 aromatic carbocycles. The van der Waals surface area contributed by atoms with Gasteiger partial charge in [-0.05, 0) is 44.5 Å². The van der Waals surface area contributed by atoms with Gasteiger partial charge in [0.15, 0.2) is 0 Å². The smallest absolute Gasteiger partial charge is 0.101 e. The summed E-state index contributed by atoms with van der Waals surface area (Å²) in [5, 5.41) is 16.5. The number of nitrogens with one attached hydrogen (secondary N) is 2. The molecule has 2 rings (SSSR count). The number of benzene rings is 1. The predicted molar refractivity (Wildman–Crippen MR) is 70.3 cm³/mol. The maximum Gasteiger partial charge on any atom is 0.101 e. The van der Waals surface area contributed by atoms with Crippen molar-refractivity contribution in [3.63, 3.8) is 0 Å². The molecule has 1 heterocycles. The van der Waals surface area contributed by atoms with Gasteiger partial charge in [-0.3, -0.25) is 0 Å². The first-order chi connectivity index (χ1) is 8.20. The zero-order valence-corrected chi connectivity index (χ0v) is 10.6. The van der Waals surface area contributed by atoms with Gasteiger partial charge in [0.05, 0.1) is 11.3 Å². The Balaban J connectivity index is 2.15. The SMILES string of the molecule is CC1NCCCC1Nc1ccc(Cl)cc1C#N. The van der Waals surface area contributed by atoms with Crippen LogP contribution in [0.1, 0.15) is 25.3 Å². The number of anilines is 1. The third-order valence-electron chi connectivity index (χ3n) is 3.20. The van der Waals surface area contributed by atoms with Crippen LogP contribution in [0.15, 0.2) is 18.2 Å². The molecular weight excluding hydrogens is 234 g/mol. The highest BCUT2D eigenvalue weighted by atomic mass is 35.5. The second kappa shape index (κ2) is 5.39. The number of nitriles is 1. The van der Waals surface area contributed by atoms with E-state index in [1.165, 1.54) is 0 Å². The van der Waals surface area contributed by atoms with Crippen LogP contribution in [0.2, 0.25) is 5.02 Å². The minimum Gasteiger partial charge on any atom is -0.380 e. The minimum atomic E-state index is 0.372. The molecule has 1 aromatic rings. The fraction of sp³-hybridized carbons (Fsp3) is 0.462. The molecule has 0 spiro atoms. The van der Waals surface area contributed by atoms with Crippen LogP contribution < -0.4 is 10.6 Å². The van der Waals surface area contributed by atoms with Crippen molar-refractivity contribution >= 4 is 17.3 Å². The van der Waals surface area contributed by atoms with Crippen molar-refractivity contribution in [1.82, 2.24) is 5.32 Å². The summed E-state index contributed by atoms with van der Waals surface area (Å²) in [5.74, 6) is 0. The molecule has 0 saturated carbocycles. The second-order valence-corrected chi connectivity index (χ2v) is 4.87. The predicted octanol–water partition coefficient (Wildman–Crippen LogP) is 2.76. The average molecular weight is 250 g/mol. The third kappa shape index (κ3) is 2.91. The van der Waals surface area contributed by atoms with E-state index < -0.39 is 0 Å². The van der Waals surface area contributed by atoms with E-state index in [0.717, 1.165) is 25.1 Å². The van der Waals surface area contributed by atoms with Crippen LogP contribution in [0.25, 0.3) is 0 Å². The molecule has 1 aliphatic rings. The van der Waals surface area contributed by atoms with E-state index in [2.05, 4.69) is 23.6 Å². The lowest BCUT2D eigenvalue weighted by Gasteiger charge is -2.31. The second-order valence-electron chi connectivity index (χ2n) is 4.44. The van der Waals surface area contributed by atoms with Gasteiger partial charge in [-0.25, -0.2) is 0 Å². The molecular formula is C13H16ClN3. The lowest BCUT2D eigenvalue weighted by Crippen LogP contribution is -2.46. The lowest BCUT2D eigenvalue weighted by atomic mass is 9.99. The quantitative estimate of drug-likeness (QED) is 0.847. The van der Waals surface area contributed by atoms with Gasteiger partial charge in [-0.2, -0.15) is 5.26 Å². The summed E-state index contributed by atoms with van der Waals surface area (Å²) in [7, 11) is 0. The molecule has 0 aliphatic carbocycles. The number of rotatable bonds is 2. The summed E-state index contributed by atoms with van der Waals surface area (Å²) < 4.78 is 0. The Labute approximate surface area is 107 Å². The van der Waals surface area contributed by atoms with Gasteiger partial charge >= 0.3 is 0 Å². The molecule has 1 saturated heterocycles. The lowest BCUT2D eigenvalue weighted by molar-refractivity contribution is 0.389. The molecule has 3 nitrogen and oxygen atoms in total. The number of hydrogen-bond acceptors (Lipinski definition) is 3. The van der Waals surface area contributed by atoms with E-state index in [4.69, 9.17) is 16.9 Å². The number of nitrogens with zero attached hydrogens (tertiary/aromatic N) is 1. The van der Waals surface area contributed by atoms with Crippen LogP contribution >= 0.6 is 11.6 Å². The molecule has 17 heavy (non-hydrogen) atoms. The zero-order chi connectivity index (χ0) is 12.3. The van der Waals surface area contributed by atoms with Crippen molar-refractivity contribution in [3.8, 4) is 6.07 Å². The molecule has 0 amide bonds. The van der Waals surface area contributed by atoms with Crippen molar-refractivity contribution in [1.29, 1.82) is 5.26 Å². The highest BCUT2D eigenvalue weighted by Gasteiger charge is 2.21. The highest BCUT2D eigenvalue weighted by molar-refractivity contribution is 6.30. The summed E-state index contributed by atoms with van der Waals surface area (Å²) in [6.45, 7) is 3.24. The Bertz CT molecular complexity index is 439. The van der Waals surface area contributed by atoms with Crippen LogP contribution in [0.4, 0.5) is 5.69 Å². The molecule has 0 aromatic heterocycles. The maximum absolute atomic E-state index is 9.07. The maximum atomic E-state index is 9.07. The van der Waals surface area contributed by atoms with Gasteiger partial charge in [-0.15, -0.1) is 0 Å². The standard InChI is InChI=1S/C13H16ClN3/c1-9-12(3-2-6-16-9)17-13-5-4-11(14)7-10(13)8-15/h4-5,7,9,12,16-17H,2-3,6H2,1H3. The monoisotopic (exact) mass is 249 g/mol. The van der Waals surface area contributed by atoms with Crippen molar-refractivity contribution in [3.05, 3.63) is 28.8 Å². The summed E-state index contributed by atoms with van der Waals surface area (Å²) >= 11 is 5.88. The van der Waals surface area contributed by atoms with Crippen LogP contribution in [0.5, 0.6) is 0 Å².